The lowest BCUT2D eigenvalue weighted by atomic mass is 10.1. The summed E-state index contributed by atoms with van der Waals surface area (Å²) in [5.41, 5.74) is 0. The minimum absolute atomic E-state index is 0.246. The maximum Gasteiger partial charge on any atom is 0.132 e. The first-order valence-electron chi connectivity index (χ1n) is 6.59. The van der Waals surface area contributed by atoms with Crippen LogP contribution in [0.25, 0.3) is 10.8 Å². The van der Waals surface area contributed by atoms with Gasteiger partial charge >= 0.3 is 0 Å². The highest BCUT2D eigenvalue weighted by Gasteiger charge is 2.06. The number of fused-ring (bicyclic) bond motifs is 1. The quantitative estimate of drug-likeness (QED) is 0.804. The van der Waals surface area contributed by atoms with E-state index in [4.69, 9.17) is 0 Å². The monoisotopic (exact) mass is 274 g/mol. The molecule has 0 saturated heterocycles. The second kappa shape index (κ2) is 6.62. The van der Waals surface area contributed by atoms with Crippen molar-refractivity contribution in [2.24, 2.45) is 0 Å². The highest BCUT2D eigenvalue weighted by Crippen LogP contribution is 2.18. The van der Waals surface area contributed by atoms with E-state index in [2.05, 4.69) is 0 Å². The third-order valence-electron chi connectivity index (χ3n) is 3.16. The molecule has 0 aliphatic heterocycles. The van der Waals surface area contributed by atoms with Gasteiger partial charge in [0.2, 0.25) is 0 Å². The third-order valence-corrected chi connectivity index (χ3v) is 4.60. The Morgan fingerprint density at radius 3 is 2.58 bits per heavy atom. The van der Waals surface area contributed by atoms with Crippen molar-refractivity contribution >= 4 is 27.4 Å². The third kappa shape index (κ3) is 3.74. The summed E-state index contributed by atoms with van der Waals surface area (Å²) in [7, 11) is -1.01. The van der Waals surface area contributed by atoms with E-state index in [1.54, 1.807) is 0 Å². The molecule has 2 rings (SSSR count). The van der Waals surface area contributed by atoms with Crippen molar-refractivity contribution in [2.75, 3.05) is 5.75 Å². The molecule has 0 amide bonds. The topological polar surface area (TPSA) is 34.1 Å². The number of hydrogen-bond donors (Lipinski definition) is 0. The zero-order valence-corrected chi connectivity index (χ0v) is 11.9. The normalized spacial score (nSPS) is 12.5. The summed E-state index contributed by atoms with van der Waals surface area (Å²) >= 11 is 0. The molecule has 0 aliphatic carbocycles. The molecule has 1 atom stereocenters. The average Bonchev–Trinajstić information content (AvgIpc) is 2.46. The Morgan fingerprint density at radius 1 is 1.11 bits per heavy atom. The first-order chi connectivity index (χ1) is 9.20. The van der Waals surface area contributed by atoms with Crippen molar-refractivity contribution < 1.29 is 9.00 Å². The molecule has 3 heteroatoms. The zero-order valence-electron chi connectivity index (χ0n) is 11.1. The minimum Gasteiger partial charge on any atom is -0.300 e. The van der Waals surface area contributed by atoms with E-state index in [1.807, 2.05) is 49.4 Å². The van der Waals surface area contributed by atoms with E-state index < -0.39 is 10.8 Å². The fourth-order valence-electron chi connectivity index (χ4n) is 2.00. The molecule has 0 radical (unpaired) electrons. The molecule has 1 unspecified atom stereocenters. The second-order valence-corrected chi connectivity index (χ2v) is 6.13. The Kier molecular flexibility index (Phi) is 4.86. The number of hydrogen-bond acceptors (Lipinski definition) is 2. The van der Waals surface area contributed by atoms with E-state index in [0.29, 0.717) is 25.0 Å². The van der Waals surface area contributed by atoms with Gasteiger partial charge in [-0.05, 0) is 29.3 Å². The summed E-state index contributed by atoms with van der Waals surface area (Å²) in [6.45, 7) is 1.86. The zero-order chi connectivity index (χ0) is 13.7. The molecule has 100 valence electrons. The lowest BCUT2D eigenvalue weighted by molar-refractivity contribution is -0.118. The number of carbonyl (C=O) groups excluding carboxylic acids is 1. The molecule has 19 heavy (non-hydrogen) atoms. The molecule has 0 N–H and O–H groups in total. The van der Waals surface area contributed by atoms with Gasteiger partial charge in [-0.25, -0.2) is 0 Å². The molecule has 2 nitrogen and oxygen atoms in total. The molecule has 2 aromatic carbocycles. The van der Waals surface area contributed by atoms with E-state index in [9.17, 15) is 9.00 Å². The van der Waals surface area contributed by atoms with Crippen LogP contribution in [0.15, 0.2) is 47.4 Å². The Labute approximate surface area is 116 Å². The largest absolute Gasteiger partial charge is 0.300 e. The summed E-state index contributed by atoms with van der Waals surface area (Å²) in [6.07, 6.45) is 1.81. The molecule has 0 bridgehead atoms. The van der Waals surface area contributed by atoms with Crippen LogP contribution in [0.4, 0.5) is 0 Å². The van der Waals surface area contributed by atoms with Crippen LogP contribution in [-0.4, -0.2) is 15.7 Å². The van der Waals surface area contributed by atoms with Crippen LogP contribution in [0.2, 0.25) is 0 Å². The van der Waals surface area contributed by atoms with Crippen molar-refractivity contribution in [3.05, 3.63) is 42.5 Å². The first-order valence-corrected chi connectivity index (χ1v) is 7.91. The molecule has 0 heterocycles. The number of benzene rings is 2. The van der Waals surface area contributed by atoms with Crippen LogP contribution < -0.4 is 0 Å². The Hall–Kier alpha value is -1.48. The predicted octanol–water partition coefficient (Wildman–Crippen LogP) is 3.71. The standard InChI is InChI=1S/C16H18O2S/c1-2-15(17)8-5-11-19(18)16-10-9-13-6-3-4-7-14(13)12-16/h3-4,6-7,9-10,12H,2,5,8,11H2,1H3. The van der Waals surface area contributed by atoms with Gasteiger partial charge in [-0.2, -0.15) is 0 Å². The molecule has 0 spiro atoms. The molecule has 0 fully saturated rings. The van der Waals surface area contributed by atoms with Gasteiger partial charge in [0.05, 0.1) is 10.8 Å². The molecule has 0 saturated carbocycles. The number of ketones is 1. The van der Waals surface area contributed by atoms with Crippen LogP contribution in [0, 0.1) is 0 Å². The van der Waals surface area contributed by atoms with Crippen molar-refractivity contribution in [3.63, 3.8) is 0 Å². The summed E-state index contributed by atoms with van der Waals surface area (Å²) in [5.74, 6) is 0.805. The van der Waals surface area contributed by atoms with Crippen LogP contribution in [0.1, 0.15) is 26.2 Å². The first kappa shape index (κ1) is 13.9. The number of Topliss-reactive ketones (excluding diaryl/α,β-unsaturated/α-hetero) is 1. The number of rotatable bonds is 6. The van der Waals surface area contributed by atoms with E-state index in [1.165, 1.54) is 0 Å². The Morgan fingerprint density at radius 2 is 1.84 bits per heavy atom. The molecular weight excluding hydrogens is 256 g/mol. The van der Waals surface area contributed by atoms with Crippen molar-refractivity contribution in [2.45, 2.75) is 31.1 Å². The van der Waals surface area contributed by atoms with E-state index >= 15 is 0 Å². The van der Waals surface area contributed by atoms with Gasteiger partial charge in [0.1, 0.15) is 5.78 Å². The summed E-state index contributed by atoms with van der Waals surface area (Å²) in [4.78, 5) is 12.1. The van der Waals surface area contributed by atoms with Crippen molar-refractivity contribution in [1.29, 1.82) is 0 Å². The van der Waals surface area contributed by atoms with Crippen LogP contribution >= 0.6 is 0 Å². The maximum atomic E-state index is 12.2. The molecule has 2 aromatic rings. The van der Waals surface area contributed by atoms with Gasteiger partial charge in [0.15, 0.2) is 0 Å². The highest BCUT2D eigenvalue weighted by atomic mass is 32.2. The highest BCUT2D eigenvalue weighted by molar-refractivity contribution is 7.85. The van der Waals surface area contributed by atoms with Crippen molar-refractivity contribution in [3.8, 4) is 0 Å². The van der Waals surface area contributed by atoms with Crippen molar-refractivity contribution in [1.82, 2.24) is 0 Å². The summed E-state index contributed by atoms with van der Waals surface area (Å²) in [6, 6.07) is 13.9. The molecule has 0 aromatic heterocycles. The van der Waals surface area contributed by atoms with Gasteiger partial charge < -0.3 is 0 Å². The van der Waals surface area contributed by atoms with E-state index in [0.717, 1.165) is 15.7 Å². The van der Waals surface area contributed by atoms with Gasteiger partial charge in [-0.3, -0.25) is 9.00 Å². The Balaban J connectivity index is 2.03. The van der Waals surface area contributed by atoms with Crippen LogP contribution in [0.5, 0.6) is 0 Å². The lowest BCUT2D eigenvalue weighted by Crippen LogP contribution is -2.02. The van der Waals surface area contributed by atoms with E-state index in [-0.39, 0.29) is 5.78 Å². The van der Waals surface area contributed by atoms with Gasteiger partial charge in [-0.15, -0.1) is 0 Å². The minimum atomic E-state index is -1.01. The lowest BCUT2D eigenvalue weighted by Gasteiger charge is -2.04. The molecule has 0 aliphatic rings. The smallest absolute Gasteiger partial charge is 0.132 e. The number of carbonyl (C=O) groups is 1. The summed E-state index contributed by atoms with van der Waals surface area (Å²) in [5, 5.41) is 2.27. The second-order valence-electron chi connectivity index (χ2n) is 4.55. The van der Waals surface area contributed by atoms with Gasteiger partial charge in [0.25, 0.3) is 0 Å². The fourth-order valence-corrected chi connectivity index (χ4v) is 3.12. The maximum absolute atomic E-state index is 12.2. The van der Waals surface area contributed by atoms with Crippen LogP contribution in [0.3, 0.4) is 0 Å². The summed E-state index contributed by atoms with van der Waals surface area (Å²) < 4.78 is 12.2. The van der Waals surface area contributed by atoms with Gasteiger partial charge in [0, 0.05) is 23.5 Å². The SMILES string of the molecule is CCC(=O)CCCS(=O)c1ccc2ccccc2c1. The molecular formula is C16H18O2S. The average molecular weight is 274 g/mol. The van der Waals surface area contributed by atoms with Crippen LogP contribution in [-0.2, 0) is 15.6 Å². The predicted molar refractivity (Wildman–Crippen MR) is 79.8 cm³/mol. The Bertz CT molecular complexity index is 604. The fraction of sp³-hybridized carbons (Fsp3) is 0.312. The van der Waals surface area contributed by atoms with Gasteiger partial charge in [-0.1, -0.05) is 37.3 Å².